The molecule has 1 aliphatic heterocycles. The number of hydrogen-bond donors (Lipinski definition) is 1. The van der Waals surface area contributed by atoms with E-state index in [2.05, 4.69) is 16.8 Å². The highest BCUT2D eigenvalue weighted by atomic mass is 35.5. The molecule has 0 radical (unpaired) electrons. The maximum atomic E-state index is 13.2. The van der Waals surface area contributed by atoms with Crippen molar-refractivity contribution >= 4 is 24.2 Å². The van der Waals surface area contributed by atoms with Gasteiger partial charge in [0.1, 0.15) is 0 Å². The first-order valence-corrected chi connectivity index (χ1v) is 11.0. The first-order valence-electron chi connectivity index (χ1n) is 10.0. The third-order valence-electron chi connectivity index (χ3n) is 4.91. The smallest absolute Gasteiger partial charge is 0.265 e. The predicted octanol–water partition coefficient (Wildman–Crippen LogP) is 3.52. The number of benzene rings is 1. The highest BCUT2D eigenvalue weighted by Gasteiger charge is 2.18. The van der Waals surface area contributed by atoms with E-state index in [4.69, 9.17) is 4.74 Å². The van der Waals surface area contributed by atoms with E-state index in [0.29, 0.717) is 17.1 Å². The molecule has 0 saturated carbocycles. The van der Waals surface area contributed by atoms with E-state index < -0.39 is 0 Å². The Kier molecular flexibility index (Phi) is 10.0. The van der Waals surface area contributed by atoms with Crippen LogP contribution in [0.25, 0.3) is 5.69 Å². The zero-order valence-electron chi connectivity index (χ0n) is 16.9. The van der Waals surface area contributed by atoms with E-state index in [1.165, 1.54) is 11.8 Å². The van der Waals surface area contributed by atoms with Crippen LogP contribution < -0.4 is 5.56 Å². The summed E-state index contributed by atoms with van der Waals surface area (Å²) in [6.07, 6.45) is 3.52. The number of nitrogens with zero attached hydrogens (tertiary/aromatic N) is 3. The minimum atomic E-state index is -0.163. The molecule has 8 heteroatoms. The van der Waals surface area contributed by atoms with Crippen LogP contribution in [0.4, 0.5) is 0 Å². The Morgan fingerprint density at radius 2 is 1.90 bits per heavy atom. The van der Waals surface area contributed by atoms with Gasteiger partial charge in [0.05, 0.1) is 24.5 Å². The molecule has 2 aromatic rings. The SMILES string of the molecule is CCCCCc1c(O)nc(SCCN2CCOCC2)n(-c2ccccc2)c1=O.Cl. The quantitative estimate of drug-likeness (QED) is 0.366. The lowest BCUT2D eigenvalue weighted by atomic mass is 10.1. The number of ether oxygens (including phenoxy) is 1. The number of aromatic nitrogens is 2. The lowest BCUT2D eigenvalue weighted by molar-refractivity contribution is 0.0410. The third-order valence-corrected chi connectivity index (χ3v) is 5.83. The van der Waals surface area contributed by atoms with Gasteiger partial charge in [-0.2, -0.15) is 4.98 Å². The molecule has 1 fully saturated rings. The lowest BCUT2D eigenvalue weighted by Gasteiger charge is -2.26. The van der Waals surface area contributed by atoms with E-state index in [1.54, 1.807) is 4.57 Å². The number of thioether (sulfide) groups is 1. The van der Waals surface area contributed by atoms with Gasteiger partial charge in [0.2, 0.25) is 5.88 Å². The average Bonchev–Trinajstić information content (AvgIpc) is 2.72. The summed E-state index contributed by atoms with van der Waals surface area (Å²) in [5.74, 6) is 0.676. The Bertz CT molecular complexity index is 811. The van der Waals surface area contributed by atoms with Gasteiger partial charge < -0.3 is 9.84 Å². The summed E-state index contributed by atoms with van der Waals surface area (Å²) in [6, 6.07) is 9.56. The van der Waals surface area contributed by atoms with Crippen LogP contribution in [0.3, 0.4) is 0 Å². The van der Waals surface area contributed by atoms with Gasteiger partial charge in [-0.1, -0.05) is 49.7 Å². The van der Waals surface area contributed by atoms with Crippen LogP contribution in [0.2, 0.25) is 0 Å². The monoisotopic (exact) mass is 439 g/mol. The Hall–Kier alpha value is -1.54. The fourth-order valence-electron chi connectivity index (χ4n) is 3.29. The zero-order valence-corrected chi connectivity index (χ0v) is 18.5. The minimum Gasteiger partial charge on any atom is -0.493 e. The van der Waals surface area contributed by atoms with Crippen molar-refractivity contribution in [1.82, 2.24) is 14.5 Å². The Labute approximate surface area is 182 Å². The van der Waals surface area contributed by atoms with E-state index in [1.807, 2.05) is 30.3 Å². The molecule has 0 bridgehead atoms. The number of morpholine rings is 1. The summed E-state index contributed by atoms with van der Waals surface area (Å²) in [7, 11) is 0. The van der Waals surface area contributed by atoms with E-state index in [9.17, 15) is 9.90 Å². The molecule has 1 aromatic heterocycles. The van der Waals surface area contributed by atoms with E-state index >= 15 is 0 Å². The van der Waals surface area contributed by atoms with Crippen molar-refractivity contribution in [2.75, 3.05) is 38.6 Å². The van der Waals surface area contributed by atoms with E-state index in [0.717, 1.165) is 63.6 Å². The van der Waals surface area contributed by atoms with Crippen molar-refractivity contribution < 1.29 is 9.84 Å². The molecule has 3 rings (SSSR count). The van der Waals surface area contributed by atoms with Crippen molar-refractivity contribution in [2.45, 2.75) is 37.8 Å². The van der Waals surface area contributed by atoms with Gasteiger partial charge in [-0.25, -0.2) is 0 Å². The number of halogens is 1. The molecule has 1 aliphatic rings. The molecule has 160 valence electrons. The molecule has 0 unspecified atom stereocenters. The van der Waals surface area contributed by atoms with Crippen LogP contribution in [0.5, 0.6) is 5.88 Å². The number of unbranched alkanes of at least 4 members (excludes halogenated alkanes) is 2. The number of aromatic hydroxyl groups is 1. The summed E-state index contributed by atoms with van der Waals surface area (Å²) in [5.41, 5.74) is 1.03. The fourth-order valence-corrected chi connectivity index (χ4v) is 4.29. The standard InChI is InChI=1S/C21H29N3O3S.ClH/c1-2-3-5-10-18-19(25)22-21(28-16-13-23-11-14-27-15-12-23)24(20(18)26)17-8-6-4-7-9-17;/h4,6-9,25H,2-3,5,10-16H2,1H3;1H. The molecule has 2 heterocycles. The van der Waals surface area contributed by atoms with Crippen LogP contribution in [-0.2, 0) is 11.2 Å². The van der Waals surface area contributed by atoms with Gasteiger partial charge in [-0.15, -0.1) is 12.4 Å². The summed E-state index contributed by atoms with van der Waals surface area (Å²) in [5, 5.41) is 11.0. The Morgan fingerprint density at radius 1 is 1.17 bits per heavy atom. The maximum absolute atomic E-state index is 13.2. The van der Waals surface area contributed by atoms with Crippen LogP contribution in [-0.4, -0.2) is 58.2 Å². The third kappa shape index (κ3) is 6.47. The Morgan fingerprint density at radius 3 is 2.59 bits per heavy atom. The number of rotatable bonds is 9. The first-order chi connectivity index (χ1) is 13.7. The first kappa shape index (κ1) is 23.7. The van der Waals surface area contributed by atoms with Gasteiger partial charge in [-0.05, 0) is 25.0 Å². The zero-order chi connectivity index (χ0) is 19.8. The highest BCUT2D eigenvalue weighted by Crippen LogP contribution is 2.23. The molecule has 0 aliphatic carbocycles. The second kappa shape index (κ2) is 12.2. The highest BCUT2D eigenvalue weighted by molar-refractivity contribution is 7.99. The fraction of sp³-hybridized carbons (Fsp3) is 0.524. The molecule has 0 spiro atoms. The molecule has 1 saturated heterocycles. The second-order valence-electron chi connectivity index (χ2n) is 6.93. The molecular weight excluding hydrogens is 410 g/mol. The summed E-state index contributed by atoms with van der Waals surface area (Å²) in [6.45, 7) is 6.42. The van der Waals surface area contributed by atoms with Crippen LogP contribution in [0.15, 0.2) is 40.3 Å². The van der Waals surface area contributed by atoms with Gasteiger partial charge in [-0.3, -0.25) is 14.3 Å². The molecule has 29 heavy (non-hydrogen) atoms. The van der Waals surface area contributed by atoms with Crippen molar-refractivity contribution in [3.63, 3.8) is 0 Å². The van der Waals surface area contributed by atoms with Gasteiger partial charge >= 0.3 is 0 Å². The van der Waals surface area contributed by atoms with Gasteiger partial charge in [0.25, 0.3) is 5.56 Å². The summed E-state index contributed by atoms with van der Waals surface area (Å²) < 4.78 is 7.03. The van der Waals surface area contributed by atoms with E-state index in [-0.39, 0.29) is 23.8 Å². The van der Waals surface area contributed by atoms with Crippen molar-refractivity contribution in [1.29, 1.82) is 0 Å². The number of para-hydroxylation sites is 1. The van der Waals surface area contributed by atoms with Crippen LogP contribution in [0, 0.1) is 0 Å². The largest absolute Gasteiger partial charge is 0.493 e. The topological polar surface area (TPSA) is 67.6 Å². The molecular formula is C21H30ClN3O3S. The molecule has 0 amide bonds. The number of hydrogen-bond acceptors (Lipinski definition) is 6. The molecule has 6 nitrogen and oxygen atoms in total. The summed E-state index contributed by atoms with van der Waals surface area (Å²) >= 11 is 1.51. The van der Waals surface area contributed by atoms with Crippen molar-refractivity contribution in [3.8, 4) is 11.6 Å². The maximum Gasteiger partial charge on any atom is 0.265 e. The second-order valence-corrected chi connectivity index (χ2v) is 7.99. The minimum absolute atomic E-state index is 0. The molecule has 1 aromatic carbocycles. The Balaban J connectivity index is 0.00000300. The van der Waals surface area contributed by atoms with Gasteiger partial charge in [0, 0.05) is 25.4 Å². The molecule has 1 N–H and O–H groups in total. The average molecular weight is 440 g/mol. The van der Waals surface area contributed by atoms with Crippen molar-refractivity contribution in [2.24, 2.45) is 0 Å². The summed E-state index contributed by atoms with van der Waals surface area (Å²) in [4.78, 5) is 20.0. The van der Waals surface area contributed by atoms with Crippen LogP contribution >= 0.6 is 24.2 Å². The van der Waals surface area contributed by atoms with Gasteiger partial charge in [0.15, 0.2) is 5.16 Å². The normalized spacial score (nSPS) is 14.5. The predicted molar refractivity (Wildman–Crippen MR) is 120 cm³/mol. The van der Waals surface area contributed by atoms with Crippen molar-refractivity contribution in [3.05, 3.63) is 46.2 Å². The van der Waals surface area contributed by atoms with Crippen LogP contribution in [0.1, 0.15) is 31.7 Å². The molecule has 0 atom stereocenters. The lowest BCUT2D eigenvalue weighted by Crippen LogP contribution is -2.37.